The number of furan rings is 1. The Labute approximate surface area is 267 Å². The van der Waals surface area contributed by atoms with Crippen molar-refractivity contribution in [3.05, 3.63) is 167 Å². The van der Waals surface area contributed by atoms with Gasteiger partial charge in [-0.1, -0.05) is 147 Å². The van der Waals surface area contributed by atoms with E-state index in [9.17, 15) is 0 Å². The zero-order chi connectivity index (χ0) is 30.8. The molecule has 1 aliphatic carbocycles. The number of hydrogen-bond acceptors (Lipinski definition) is 4. The SMILES string of the molecule is CC1(C)c2ccccc2-c2c(-c3ccc(C4N=C(c5ccccc5)NC(c5ccccc5)=N4)c4c3oc3ccccc34)cccc21. The average Bonchev–Trinajstić information content (AvgIpc) is 3.62. The largest absolute Gasteiger partial charge is 0.455 e. The van der Waals surface area contributed by atoms with Gasteiger partial charge in [-0.15, -0.1) is 0 Å². The van der Waals surface area contributed by atoms with Crippen LogP contribution >= 0.6 is 0 Å². The molecule has 2 aliphatic rings. The molecule has 1 aromatic heterocycles. The van der Waals surface area contributed by atoms with E-state index in [2.05, 4.69) is 116 Å². The van der Waals surface area contributed by atoms with Crippen LogP contribution in [0.5, 0.6) is 0 Å². The van der Waals surface area contributed by atoms with Crippen molar-refractivity contribution in [1.82, 2.24) is 5.32 Å². The number of para-hydroxylation sites is 1. The molecule has 0 bridgehead atoms. The molecular weight excluding hydrogens is 562 g/mol. The lowest BCUT2D eigenvalue weighted by atomic mass is 9.82. The molecule has 0 saturated carbocycles. The molecule has 0 unspecified atom stereocenters. The minimum Gasteiger partial charge on any atom is -0.455 e. The fourth-order valence-corrected chi connectivity index (χ4v) is 7.33. The van der Waals surface area contributed by atoms with E-state index in [-0.39, 0.29) is 5.41 Å². The van der Waals surface area contributed by atoms with Crippen molar-refractivity contribution in [2.75, 3.05) is 0 Å². The molecule has 7 aromatic rings. The number of hydrogen-bond donors (Lipinski definition) is 1. The highest BCUT2D eigenvalue weighted by Gasteiger charge is 2.37. The van der Waals surface area contributed by atoms with E-state index in [1.165, 1.54) is 27.8 Å². The van der Waals surface area contributed by atoms with Crippen LogP contribution in [-0.4, -0.2) is 11.7 Å². The molecule has 0 amide bonds. The summed E-state index contributed by atoms with van der Waals surface area (Å²) in [4.78, 5) is 10.4. The summed E-state index contributed by atoms with van der Waals surface area (Å²) in [5.74, 6) is 1.59. The van der Waals surface area contributed by atoms with Crippen LogP contribution < -0.4 is 5.32 Å². The number of aliphatic imine (C=N–C) groups is 2. The summed E-state index contributed by atoms with van der Waals surface area (Å²) in [5.41, 5.74) is 12.2. The molecule has 6 aromatic carbocycles. The van der Waals surface area contributed by atoms with Gasteiger partial charge in [-0.2, -0.15) is 0 Å². The molecule has 1 aliphatic heterocycles. The lowest BCUT2D eigenvalue weighted by Crippen LogP contribution is -2.36. The number of nitrogens with zero attached hydrogens (tertiary/aromatic N) is 2. The van der Waals surface area contributed by atoms with Crippen LogP contribution in [0.4, 0.5) is 0 Å². The highest BCUT2D eigenvalue weighted by molar-refractivity contribution is 6.17. The van der Waals surface area contributed by atoms with Gasteiger partial charge in [0.05, 0.1) is 0 Å². The van der Waals surface area contributed by atoms with Gasteiger partial charge in [-0.25, -0.2) is 9.98 Å². The quantitative estimate of drug-likeness (QED) is 0.221. The summed E-state index contributed by atoms with van der Waals surface area (Å²) in [6, 6.07) is 48.8. The van der Waals surface area contributed by atoms with Crippen molar-refractivity contribution < 1.29 is 4.42 Å². The van der Waals surface area contributed by atoms with Crippen LogP contribution in [0.3, 0.4) is 0 Å². The second kappa shape index (κ2) is 10.1. The molecular formula is C42H31N3O. The summed E-state index contributed by atoms with van der Waals surface area (Å²) < 4.78 is 6.78. The van der Waals surface area contributed by atoms with E-state index in [1.807, 2.05) is 42.5 Å². The zero-order valence-corrected chi connectivity index (χ0v) is 25.7. The molecule has 220 valence electrons. The van der Waals surface area contributed by atoms with Crippen LogP contribution in [0.2, 0.25) is 0 Å². The van der Waals surface area contributed by atoms with Gasteiger partial charge in [0.15, 0.2) is 6.17 Å². The maximum absolute atomic E-state index is 6.78. The Morgan fingerprint density at radius 3 is 1.91 bits per heavy atom. The fourth-order valence-electron chi connectivity index (χ4n) is 7.33. The van der Waals surface area contributed by atoms with Gasteiger partial charge in [-0.3, -0.25) is 0 Å². The van der Waals surface area contributed by atoms with E-state index in [1.54, 1.807) is 0 Å². The minimum absolute atomic E-state index is 0.0882. The average molecular weight is 594 g/mol. The maximum Gasteiger partial charge on any atom is 0.170 e. The molecule has 4 heteroatoms. The first-order valence-electron chi connectivity index (χ1n) is 15.8. The molecule has 0 saturated heterocycles. The Morgan fingerprint density at radius 2 is 1.17 bits per heavy atom. The number of benzene rings is 6. The highest BCUT2D eigenvalue weighted by atomic mass is 16.3. The van der Waals surface area contributed by atoms with Crippen molar-refractivity contribution in [1.29, 1.82) is 0 Å². The Kier molecular flexibility index (Phi) is 5.88. The highest BCUT2D eigenvalue weighted by Crippen LogP contribution is 2.53. The van der Waals surface area contributed by atoms with E-state index >= 15 is 0 Å². The molecule has 9 rings (SSSR count). The molecule has 0 atom stereocenters. The normalized spacial score (nSPS) is 15.3. The third-order valence-corrected chi connectivity index (χ3v) is 9.57. The molecule has 0 spiro atoms. The minimum atomic E-state index is -0.467. The third kappa shape index (κ3) is 4.00. The van der Waals surface area contributed by atoms with Crippen molar-refractivity contribution in [2.45, 2.75) is 25.4 Å². The van der Waals surface area contributed by atoms with Gasteiger partial charge in [0.1, 0.15) is 22.8 Å². The smallest absolute Gasteiger partial charge is 0.170 e. The second-order valence-electron chi connectivity index (χ2n) is 12.6. The number of nitrogens with one attached hydrogen (secondary N) is 1. The molecule has 46 heavy (non-hydrogen) atoms. The van der Waals surface area contributed by atoms with E-state index in [0.717, 1.165) is 55.9 Å². The molecule has 1 N–H and O–H groups in total. The van der Waals surface area contributed by atoms with Crippen LogP contribution in [0.1, 0.15) is 47.8 Å². The maximum atomic E-state index is 6.78. The number of rotatable bonds is 4. The number of amidine groups is 2. The lowest BCUT2D eigenvalue weighted by molar-refractivity contribution is 0.660. The Balaban J connectivity index is 1.30. The zero-order valence-electron chi connectivity index (χ0n) is 25.7. The second-order valence-corrected chi connectivity index (χ2v) is 12.6. The Bertz CT molecular complexity index is 2310. The van der Waals surface area contributed by atoms with E-state index in [4.69, 9.17) is 14.4 Å². The van der Waals surface area contributed by atoms with Crippen molar-refractivity contribution in [2.24, 2.45) is 9.98 Å². The van der Waals surface area contributed by atoms with Gasteiger partial charge in [0, 0.05) is 38.4 Å². The van der Waals surface area contributed by atoms with Gasteiger partial charge < -0.3 is 9.73 Å². The summed E-state index contributed by atoms with van der Waals surface area (Å²) in [6.07, 6.45) is -0.467. The lowest BCUT2D eigenvalue weighted by Gasteiger charge is -2.23. The summed E-state index contributed by atoms with van der Waals surface area (Å²) in [6.45, 7) is 4.65. The van der Waals surface area contributed by atoms with Crippen LogP contribution in [0, 0.1) is 0 Å². The van der Waals surface area contributed by atoms with Crippen molar-refractivity contribution >= 4 is 33.6 Å². The predicted molar refractivity (Wildman–Crippen MR) is 189 cm³/mol. The van der Waals surface area contributed by atoms with Gasteiger partial charge in [0.25, 0.3) is 0 Å². The monoisotopic (exact) mass is 593 g/mol. The summed E-state index contributed by atoms with van der Waals surface area (Å²) in [5, 5.41) is 5.64. The predicted octanol–water partition coefficient (Wildman–Crippen LogP) is 10.1. The van der Waals surface area contributed by atoms with Crippen LogP contribution in [0.15, 0.2) is 154 Å². The van der Waals surface area contributed by atoms with Crippen LogP contribution in [-0.2, 0) is 5.41 Å². The van der Waals surface area contributed by atoms with Gasteiger partial charge in [-0.05, 0) is 33.9 Å². The topological polar surface area (TPSA) is 49.9 Å². The Morgan fingerprint density at radius 1 is 0.565 bits per heavy atom. The Hall–Kier alpha value is -5.74. The summed E-state index contributed by atoms with van der Waals surface area (Å²) >= 11 is 0. The van der Waals surface area contributed by atoms with E-state index < -0.39 is 6.17 Å². The van der Waals surface area contributed by atoms with Crippen molar-refractivity contribution in [3.63, 3.8) is 0 Å². The standard InChI is InChI=1S/C42H31N3O/c1-42(2)33-21-11-9-18-30(33)36-28(20-13-22-34(36)42)29-24-25-32(37-31-19-10-12-23-35(31)46-38(29)37)41-44-39(26-14-5-3-6-15-26)43-40(45-41)27-16-7-4-8-17-27/h3-25,41H,1-2H3,(H,43,44,45). The first-order chi connectivity index (χ1) is 22.6. The van der Waals surface area contributed by atoms with Gasteiger partial charge >= 0.3 is 0 Å². The van der Waals surface area contributed by atoms with Gasteiger partial charge in [0.2, 0.25) is 0 Å². The van der Waals surface area contributed by atoms with Crippen LogP contribution in [0.25, 0.3) is 44.2 Å². The molecule has 0 radical (unpaired) electrons. The van der Waals surface area contributed by atoms with Crippen molar-refractivity contribution in [3.8, 4) is 22.3 Å². The third-order valence-electron chi connectivity index (χ3n) is 9.57. The molecule has 2 heterocycles. The first-order valence-corrected chi connectivity index (χ1v) is 15.8. The molecule has 0 fully saturated rings. The fraction of sp³-hybridized carbons (Fsp3) is 0.0952. The number of fused-ring (bicyclic) bond motifs is 6. The first kappa shape index (κ1) is 26.6. The summed E-state index contributed by atoms with van der Waals surface area (Å²) in [7, 11) is 0. The molecule has 4 nitrogen and oxygen atoms in total. The van der Waals surface area contributed by atoms with E-state index in [0.29, 0.717) is 0 Å².